The van der Waals surface area contributed by atoms with Crippen LogP contribution in [-0.4, -0.2) is 36.0 Å². The molecule has 1 saturated carbocycles. The number of benzene rings is 1. The molecule has 8 heteroatoms. The number of imidazole rings is 1. The lowest BCUT2D eigenvalue weighted by Crippen LogP contribution is -2.33. The van der Waals surface area contributed by atoms with Crippen LogP contribution < -0.4 is 5.56 Å². The molecule has 0 bridgehead atoms. The first kappa shape index (κ1) is 22.2. The zero-order valence-corrected chi connectivity index (χ0v) is 19.1. The number of hydrogen-bond acceptors (Lipinski definition) is 5. The molecule has 1 aliphatic carbocycles. The molecule has 1 atom stereocenters. The molecule has 3 heterocycles. The Morgan fingerprint density at radius 1 is 1.18 bits per heavy atom. The maximum absolute atomic E-state index is 13.8. The van der Waals surface area contributed by atoms with Gasteiger partial charge in [-0.05, 0) is 56.0 Å². The molecule has 1 aliphatic rings. The predicted molar refractivity (Wildman–Crippen MR) is 126 cm³/mol. The monoisotopic (exact) mass is 459 g/mol. The molecule has 1 aromatic carbocycles. The van der Waals surface area contributed by atoms with E-state index in [1.807, 2.05) is 42.8 Å². The number of aliphatic hydroxyl groups excluding tert-OH is 1. The first-order valence-corrected chi connectivity index (χ1v) is 11.4. The summed E-state index contributed by atoms with van der Waals surface area (Å²) >= 11 is 0. The highest BCUT2D eigenvalue weighted by molar-refractivity contribution is 5.44. The first-order chi connectivity index (χ1) is 16.4. The van der Waals surface area contributed by atoms with Crippen molar-refractivity contribution in [1.82, 2.24) is 24.3 Å². The lowest BCUT2D eigenvalue weighted by molar-refractivity contribution is 0.235. The molecule has 5 rings (SSSR count). The molecule has 4 aromatic rings. The average Bonchev–Trinajstić information content (AvgIpc) is 3.57. The van der Waals surface area contributed by atoms with Crippen LogP contribution in [0.15, 0.2) is 60.0 Å². The number of nitrogens with zero attached hydrogens (tertiary/aromatic N) is 5. The minimum Gasteiger partial charge on any atom is -0.394 e. The summed E-state index contributed by atoms with van der Waals surface area (Å²) in [6, 6.07) is 8.48. The molecule has 7 nitrogen and oxygen atoms in total. The van der Waals surface area contributed by atoms with E-state index in [9.17, 15) is 14.3 Å². The molecule has 0 unspecified atom stereocenters. The minimum atomic E-state index is -0.804. The maximum Gasteiger partial charge on any atom is 0.270 e. The van der Waals surface area contributed by atoms with E-state index in [0.717, 1.165) is 47.2 Å². The van der Waals surface area contributed by atoms with E-state index < -0.39 is 11.9 Å². The Balaban J connectivity index is 1.52. The third-order valence-corrected chi connectivity index (χ3v) is 6.25. The van der Waals surface area contributed by atoms with Gasteiger partial charge in [0.2, 0.25) is 0 Å². The summed E-state index contributed by atoms with van der Waals surface area (Å²) in [6.45, 7) is 3.60. The number of pyridine rings is 1. The van der Waals surface area contributed by atoms with Crippen molar-refractivity contribution in [2.75, 3.05) is 6.61 Å². The van der Waals surface area contributed by atoms with Crippen molar-refractivity contribution in [3.63, 3.8) is 0 Å². The summed E-state index contributed by atoms with van der Waals surface area (Å²) in [6.07, 6.45) is 8.80. The van der Waals surface area contributed by atoms with Crippen molar-refractivity contribution in [3.05, 3.63) is 105 Å². The van der Waals surface area contributed by atoms with Gasteiger partial charge in [-0.25, -0.2) is 14.1 Å². The van der Waals surface area contributed by atoms with Crippen LogP contribution in [0.25, 0.3) is 5.69 Å². The van der Waals surface area contributed by atoms with E-state index in [4.69, 9.17) is 0 Å². The van der Waals surface area contributed by atoms with Crippen LogP contribution in [0.1, 0.15) is 58.4 Å². The number of aromatic nitrogens is 5. The van der Waals surface area contributed by atoms with Gasteiger partial charge in [-0.2, -0.15) is 5.10 Å². The van der Waals surface area contributed by atoms with Crippen LogP contribution in [0, 0.1) is 19.7 Å². The van der Waals surface area contributed by atoms with Gasteiger partial charge in [0, 0.05) is 41.5 Å². The highest BCUT2D eigenvalue weighted by Crippen LogP contribution is 2.39. The highest BCUT2D eigenvalue weighted by atomic mass is 19.1. The predicted octanol–water partition coefficient (Wildman–Crippen LogP) is 3.63. The minimum absolute atomic E-state index is 0.292. The standard InChI is InChI=1S/C26H26FN5O2/c1-16-7-18(3-6-24(16)31-13-17(2)29-15-31)8-20-10-23(19-4-5-19)30-32(26(20)34)25(14-33)21-9-22(27)12-28-11-21/h3,6-7,9-13,15,19,25,33H,4-5,8,14H2,1-2H3/t25-/m0/s1. The Hall–Kier alpha value is -3.65. The van der Waals surface area contributed by atoms with Gasteiger partial charge < -0.3 is 9.67 Å². The lowest BCUT2D eigenvalue weighted by Gasteiger charge is -2.19. The smallest absolute Gasteiger partial charge is 0.270 e. The Morgan fingerprint density at radius 3 is 2.65 bits per heavy atom. The Kier molecular flexibility index (Phi) is 5.83. The van der Waals surface area contributed by atoms with Crippen LogP contribution >= 0.6 is 0 Å². The number of aliphatic hydroxyl groups is 1. The fourth-order valence-corrected chi connectivity index (χ4v) is 4.33. The highest BCUT2D eigenvalue weighted by Gasteiger charge is 2.28. The Labute approximate surface area is 196 Å². The van der Waals surface area contributed by atoms with Crippen LogP contribution in [-0.2, 0) is 6.42 Å². The number of halogens is 1. The fraction of sp³-hybridized carbons (Fsp3) is 0.308. The molecule has 1 fully saturated rings. The first-order valence-electron chi connectivity index (χ1n) is 11.4. The van der Waals surface area contributed by atoms with Crippen LogP contribution in [0.3, 0.4) is 0 Å². The van der Waals surface area contributed by atoms with Crippen molar-refractivity contribution in [3.8, 4) is 5.69 Å². The molecule has 0 aliphatic heterocycles. The lowest BCUT2D eigenvalue weighted by atomic mass is 10.0. The summed E-state index contributed by atoms with van der Waals surface area (Å²) < 4.78 is 17.1. The SMILES string of the molecule is Cc1cn(-c2ccc(Cc3cc(C4CC4)nn([C@@H](CO)c4cncc(F)c4)c3=O)cc2C)cn1. The molecule has 0 spiro atoms. The molecular weight excluding hydrogens is 433 g/mol. The zero-order chi connectivity index (χ0) is 23.8. The second-order valence-electron chi connectivity index (χ2n) is 8.97. The second kappa shape index (κ2) is 8.95. The third kappa shape index (κ3) is 4.41. The van der Waals surface area contributed by atoms with Crippen LogP contribution in [0.4, 0.5) is 4.39 Å². The van der Waals surface area contributed by atoms with Crippen LogP contribution in [0.5, 0.6) is 0 Å². The van der Waals surface area contributed by atoms with E-state index in [-0.39, 0.29) is 12.2 Å². The number of hydrogen-bond donors (Lipinski definition) is 1. The quantitative estimate of drug-likeness (QED) is 0.456. The van der Waals surface area contributed by atoms with Crippen molar-refractivity contribution >= 4 is 0 Å². The van der Waals surface area contributed by atoms with Gasteiger partial charge in [-0.15, -0.1) is 0 Å². The molecule has 0 saturated heterocycles. The summed E-state index contributed by atoms with van der Waals surface area (Å²) in [4.78, 5) is 21.6. The molecular formula is C26H26FN5O2. The van der Waals surface area contributed by atoms with Gasteiger partial charge in [-0.1, -0.05) is 12.1 Å². The molecule has 1 N–H and O–H groups in total. The Bertz CT molecular complexity index is 1410. The van der Waals surface area contributed by atoms with Crippen molar-refractivity contribution in [2.45, 2.75) is 45.1 Å². The van der Waals surface area contributed by atoms with E-state index in [0.29, 0.717) is 23.5 Å². The summed E-state index contributed by atoms with van der Waals surface area (Å²) in [5, 5.41) is 14.7. The normalized spacial score (nSPS) is 14.4. The second-order valence-corrected chi connectivity index (χ2v) is 8.97. The van der Waals surface area contributed by atoms with Gasteiger partial charge in [0.15, 0.2) is 0 Å². The van der Waals surface area contributed by atoms with Gasteiger partial charge >= 0.3 is 0 Å². The Morgan fingerprint density at radius 2 is 2.00 bits per heavy atom. The fourth-order valence-electron chi connectivity index (χ4n) is 4.33. The van der Waals surface area contributed by atoms with E-state index in [1.165, 1.54) is 16.9 Å². The topological polar surface area (TPSA) is 85.8 Å². The number of aryl methyl sites for hydroxylation is 2. The average molecular weight is 460 g/mol. The van der Waals surface area contributed by atoms with Gasteiger partial charge in [0.05, 0.1) is 30.5 Å². The summed E-state index contributed by atoms with van der Waals surface area (Å²) in [5.74, 6) is -0.213. The van der Waals surface area contributed by atoms with Gasteiger partial charge in [0.1, 0.15) is 11.9 Å². The van der Waals surface area contributed by atoms with E-state index in [2.05, 4.69) is 21.1 Å². The van der Waals surface area contributed by atoms with E-state index in [1.54, 1.807) is 6.33 Å². The summed E-state index contributed by atoms with van der Waals surface area (Å²) in [5.41, 5.74) is 5.61. The molecule has 174 valence electrons. The molecule has 34 heavy (non-hydrogen) atoms. The van der Waals surface area contributed by atoms with Gasteiger partial charge in [0.25, 0.3) is 5.56 Å². The van der Waals surface area contributed by atoms with E-state index >= 15 is 0 Å². The number of rotatable bonds is 7. The van der Waals surface area contributed by atoms with Crippen LogP contribution in [0.2, 0.25) is 0 Å². The largest absolute Gasteiger partial charge is 0.394 e. The maximum atomic E-state index is 13.8. The van der Waals surface area contributed by atoms with Crippen molar-refractivity contribution in [2.24, 2.45) is 0 Å². The van der Waals surface area contributed by atoms with Gasteiger partial charge in [-0.3, -0.25) is 9.78 Å². The van der Waals surface area contributed by atoms with Crippen molar-refractivity contribution < 1.29 is 9.50 Å². The third-order valence-electron chi connectivity index (χ3n) is 6.25. The molecule has 3 aromatic heterocycles. The summed E-state index contributed by atoms with van der Waals surface area (Å²) in [7, 11) is 0. The molecule has 0 amide bonds. The zero-order valence-electron chi connectivity index (χ0n) is 19.1. The molecule has 0 radical (unpaired) electrons. The van der Waals surface area contributed by atoms with Crippen molar-refractivity contribution in [1.29, 1.82) is 0 Å².